The quantitative estimate of drug-likeness (QED) is 0.882. The molecule has 5 heteroatoms. The highest BCUT2D eigenvalue weighted by atomic mass is 16.5. The van der Waals surface area contributed by atoms with Gasteiger partial charge in [0, 0.05) is 22.1 Å². The van der Waals surface area contributed by atoms with E-state index in [0.29, 0.717) is 11.1 Å². The molecule has 122 valence electrons. The molecule has 1 aromatic rings. The van der Waals surface area contributed by atoms with Crippen molar-refractivity contribution in [3.63, 3.8) is 0 Å². The molecule has 1 spiro atoms. The van der Waals surface area contributed by atoms with Gasteiger partial charge in [-0.05, 0) is 44.4 Å². The van der Waals surface area contributed by atoms with Gasteiger partial charge in [-0.2, -0.15) is 0 Å². The SMILES string of the molecule is [2H]O[C@@]12CCC(=O)C3Oc4c(OC)c([2H])c([2H])c5c4[C@@]31CCN(C([2H])([2H])[2H])[C@@H]2C5. The van der Waals surface area contributed by atoms with Gasteiger partial charge in [-0.25, -0.2) is 0 Å². The summed E-state index contributed by atoms with van der Waals surface area (Å²) < 4.78 is 60.4. The van der Waals surface area contributed by atoms with Crippen LogP contribution in [0.25, 0.3) is 0 Å². The zero-order valence-corrected chi connectivity index (χ0v) is 12.8. The zero-order valence-electron chi connectivity index (χ0n) is 18.8. The molecule has 0 aromatic heterocycles. The number of likely N-dealkylation sites (N-methyl/N-ethyl adjacent to an activating group) is 1. The van der Waals surface area contributed by atoms with Crippen molar-refractivity contribution in [3.8, 4) is 11.5 Å². The van der Waals surface area contributed by atoms with Crippen LogP contribution in [-0.2, 0) is 16.6 Å². The summed E-state index contributed by atoms with van der Waals surface area (Å²) in [4.78, 5) is 14.3. The first kappa shape index (κ1) is 9.04. The zero-order chi connectivity index (χ0) is 20.9. The van der Waals surface area contributed by atoms with Crippen molar-refractivity contribution in [1.82, 2.24) is 4.90 Å². The minimum atomic E-state index is -2.41. The van der Waals surface area contributed by atoms with Crippen molar-refractivity contribution in [2.24, 2.45) is 0 Å². The molecule has 2 fully saturated rings. The van der Waals surface area contributed by atoms with E-state index in [1.807, 2.05) is 0 Å². The summed E-state index contributed by atoms with van der Waals surface area (Å²) in [6.07, 6.45) is -0.225. The Labute approximate surface area is 143 Å². The summed E-state index contributed by atoms with van der Waals surface area (Å²) >= 11 is 0. The predicted molar refractivity (Wildman–Crippen MR) is 83.0 cm³/mol. The first-order valence-electron chi connectivity index (χ1n) is 10.9. The Kier molecular flexibility index (Phi) is 1.60. The normalized spacial score (nSPS) is 44.8. The van der Waals surface area contributed by atoms with Crippen LogP contribution in [-0.4, -0.2) is 55.6 Å². The number of methoxy groups -OCH3 is 1. The van der Waals surface area contributed by atoms with E-state index in [1.165, 1.54) is 12.0 Å². The van der Waals surface area contributed by atoms with Crippen molar-refractivity contribution in [2.45, 2.75) is 48.8 Å². The smallest absolute Gasteiger partial charge is 0.211 e. The predicted octanol–water partition coefficient (Wildman–Crippen LogP) is 1.05. The fraction of sp³-hybridized carbons (Fsp3) is 0.611. The molecule has 2 bridgehead atoms. The Bertz CT molecular complexity index is 936. The highest BCUT2D eigenvalue weighted by Gasteiger charge is 2.72. The lowest BCUT2D eigenvalue weighted by molar-refractivity contribution is -0.185. The number of ether oxygens (including phenoxy) is 2. The second-order valence-corrected chi connectivity index (χ2v) is 6.95. The monoisotopic (exact) mass is 321 g/mol. The lowest BCUT2D eigenvalue weighted by Gasteiger charge is -2.62. The van der Waals surface area contributed by atoms with Gasteiger partial charge in [-0.15, -0.1) is 0 Å². The average molecular weight is 321 g/mol. The number of carbonyl (C=O) groups excluding carboxylic acids is 1. The molecule has 2 aliphatic heterocycles. The molecule has 4 atom stereocenters. The minimum Gasteiger partial charge on any atom is -0.493 e. The van der Waals surface area contributed by atoms with Crippen LogP contribution in [0.4, 0.5) is 0 Å². The molecule has 0 radical (unpaired) electrons. The Hall–Kier alpha value is -1.59. The van der Waals surface area contributed by atoms with Crippen LogP contribution in [0, 0.1) is 0 Å². The molecular formula is C18H21NO4. The van der Waals surface area contributed by atoms with E-state index >= 15 is 0 Å². The van der Waals surface area contributed by atoms with E-state index in [9.17, 15) is 4.79 Å². The van der Waals surface area contributed by atoms with Gasteiger partial charge in [-0.3, -0.25) is 4.79 Å². The van der Waals surface area contributed by atoms with Gasteiger partial charge in [0.15, 0.2) is 23.4 Å². The van der Waals surface area contributed by atoms with E-state index in [1.54, 1.807) is 0 Å². The average Bonchev–Trinajstić information content (AvgIpc) is 2.99. The first-order valence-corrected chi connectivity index (χ1v) is 7.95. The van der Waals surface area contributed by atoms with Crippen molar-refractivity contribution < 1.29 is 26.2 Å². The Morgan fingerprint density at radius 3 is 3.26 bits per heavy atom. The molecule has 1 saturated heterocycles. The van der Waals surface area contributed by atoms with Gasteiger partial charge in [0.1, 0.15) is 0 Å². The summed E-state index contributed by atoms with van der Waals surface area (Å²) in [5, 5.41) is 5.40. The Morgan fingerprint density at radius 1 is 1.57 bits per heavy atom. The highest BCUT2D eigenvalue weighted by molar-refractivity contribution is 5.90. The van der Waals surface area contributed by atoms with E-state index in [-0.39, 0.29) is 61.6 Å². The summed E-state index contributed by atoms with van der Waals surface area (Å²) in [6, 6.07) is -0.935. The summed E-state index contributed by atoms with van der Waals surface area (Å²) in [5.74, 6) is 0.231. The van der Waals surface area contributed by atoms with Crippen LogP contribution in [0.3, 0.4) is 0 Å². The van der Waals surface area contributed by atoms with Gasteiger partial charge < -0.3 is 19.5 Å². The number of nitrogens with zero attached hydrogens (tertiary/aromatic N) is 1. The van der Waals surface area contributed by atoms with Gasteiger partial charge in [-0.1, -0.05) is 6.04 Å². The number of likely N-dealkylation sites (tertiary alicyclic amines) is 1. The summed E-state index contributed by atoms with van der Waals surface area (Å²) in [7, 11) is 1.39. The number of Topliss-reactive ketones (excluding diaryl/α,β-unsaturated/α-hetero) is 1. The van der Waals surface area contributed by atoms with Crippen molar-refractivity contribution in [3.05, 3.63) is 23.2 Å². The topological polar surface area (TPSA) is 59.0 Å². The second-order valence-electron chi connectivity index (χ2n) is 6.95. The van der Waals surface area contributed by atoms with Crippen molar-refractivity contribution >= 4 is 5.78 Å². The lowest BCUT2D eigenvalue weighted by atomic mass is 9.49. The molecule has 2 heterocycles. The van der Waals surface area contributed by atoms with Crippen LogP contribution < -0.4 is 9.47 Å². The second kappa shape index (κ2) is 4.08. The number of hydrogen-bond donors (Lipinski definition) is 1. The third kappa shape index (κ3) is 1.32. The molecule has 0 amide bonds. The third-order valence-electron chi connectivity index (χ3n) is 6.24. The third-order valence-corrected chi connectivity index (χ3v) is 6.24. The standard InChI is InChI=1S/C18H21NO4/c1-19-8-7-17-14-10-3-4-12(22-2)15(14)23-16(17)11(20)5-6-18(17,21)13(19)9-10/h3-4,13,16,21H,5-9H2,1-2H3/t13-,16?,17+,18-/m1/s1/i1D3,3D,4D,21D. The van der Waals surface area contributed by atoms with Gasteiger partial charge in [0.05, 0.1) is 20.9 Å². The van der Waals surface area contributed by atoms with Crippen molar-refractivity contribution in [1.29, 1.82) is 1.43 Å². The molecule has 2 aliphatic carbocycles. The van der Waals surface area contributed by atoms with E-state index in [2.05, 4.69) is 0 Å². The molecule has 5 nitrogen and oxygen atoms in total. The number of benzene rings is 1. The number of rotatable bonds is 2. The van der Waals surface area contributed by atoms with Crippen molar-refractivity contribution in [2.75, 3.05) is 20.6 Å². The van der Waals surface area contributed by atoms with Gasteiger partial charge in [0.2, 0.25) is 1.43 Å². The van der Waals surface area contributed by atoms with Crippen LogP contribution in [0.5, 0.6) is 11.5 Å². The fourth-order valence-corrected chi connectivity index (χ4v) is 5.27. The molecular weight excluding hydrogens is 294 g/mol. The number of aliphatic hydroxyl groups is 1. The van der Waals surface area contributed by atoms with Crippen LogP contribution >= 0.6 is 0 Å². The molecule has 4 aliphatic rings. The van der Waals surface area contributed by atoms with Gasteiger partial charge in [0.25, 0.3) is 0 Å². The van der Waals surface area contributed by atoms with E-state index < -0.39 is 30.1 Å². The first-order chi connectivity index (χ1) is 13.6. The number of ketones is 1. The molecule has 1 aromatic carbocycles. The Morgan fingerprint density at radius 2 is 2.48 bits per heavy atom. The van der Waals surface area contributed by atoms with Crippen LogP contribution in [0.15, 0.2) is 12.1 Å². The minimum absolute atomic E-state index is 0.0572. The molecule has 1 saturated carbocycles. The summed E-state index contributed by atoms with van der Waals surface area (Å²) in [6.45, 7) is -2.22. The highest BCUT2D eigenvalue weighted by Crippen LogP contribution is 2.64. The Balaban J connectivity index is 1.87. The fourth-order valence-electron chi connectivity index (χ4n) is 5.27. The number of hydrogen-bond acceptors (Lipinski definition) is 5. The maximum Gasteiger partial charge on any atom is 0.211 e. The largest absolute Gasteiger partial charge is 0.493 e. The van der Waals surface area contributed by atoms with Crippen LogP contribution in [0.2, 0.25) is 0 Å². The molecule has 23 heavy (non-hydrogen) atoms. The maximum absolute atomic E-state index is 12.9. The number of piperidine rings is 1. The van der Waals surface area contributed by atoms with Gasteiger partial charge >= 0.3 is 0 Å². The molecule has 1 N–H and O–H groups in total. The number of carbonyl (C=O) groups is 1. The molecule has 1 unspecified atom stereocenters. The lowest BCUT2D eigenvalue weighted by Crippen LogP contribution is -2.76. The molecule has 5 rings (SSSR count). The van der Waals surface area contributed by atoms with E-state index in [4.69, 9.17) is 22.9 Å². The summed E-state index contributed by atoms with van der Waals surface area (Å²) in [5.41, 5.74) is -1.22. The van der Waals surface area contributed by atoms with E-state index in [0.717, 1.165) is 0 Å². The van der Waals surface area contributed by atoms with Crippen LogP contribution in [0.1, 0.15) is 37.2 Å². The maximum atomic E-state index is 12.9.